The van der Waals surface area contributed by atoms with Crippen LogP contribution >= 0.6 is 0 Å². The highest BCUT2D eigenvalue weighted by Gasteiger charge is 2.38. The third kappa shape index (κ3) is 7.13. The molecule has 0 bridgehead atoms. The summed E-state index contributed by atoms with van der Waals surface area (Å²) in [7, 11) is -3.53. The van der Waals surface area contributed by atoms with E-state index in [9.17, 15) is 26.9 Å². The first-order valence-corrected chi connectivity index (χ1v) is 13.5. The van der Waals surface area contributed by atoms with E-state index in [4.69, 9.17) is 9.47 Å². The van der Waals surface area contributed by atoms with Crippen molar-refractivity contribution in [2.24, 2.45) is 0 Å². The number of anilines is 1. The second-order valence-electron chi connectivity index (χ2n) is 9.04. The maximum atomic E-state index is 13.9. The van der Waals surface area contributed by atoms with E-state index in [0.717, 1.165) is 12.3 Å². The molecule has 202 valence electrons. The Morgan fingerprint density at radius 2 is 1.74 bits per heavy atom. The van der Waals surface area contributed by atoms with Gasteiger partial charge in [-0.05, 0) is 47.9 Å². The Kier molecular flexibility index (Phi) is 8.51. The Bertz CT molecular complexity index is 1430. The molecule has 3 aromatic rings. The van der Waals surface area contributed by atoms with Crippen molar-refractivity contribution < 1.29 is 31.1 Å². The number of nitriles is 1. The van der Waals surface area contributed by atoms with Gasteiger partial charge in [0.1, 0.15) is 24.2 Å². The Hall–Kier alpha value is -3.85. The van der Waals surface area contributed by atoms with Gasteiger partial charge in [-0.25, -0.2) is 18.4 Å². The van der Waals surface area contributed by atoms with Crippen molar-refractivity contribution in [3.63, 3.8) is 0 Å². The summed E-state index contributed by atoms with van der Waals surface area (Å²) in [6, 6.07) is 12.7. The van der Waals surface area contributed by atoms with E-state index >= 15 is 0 Å². The summed E-state index contributed by atoms with van der Waals surface area (Å²) in [6.07, 6.45) is -1.81. The maximum Gasteiger partial charge on any atom is 0.420 e. The second kappa shape index (κ2) is 11.3. The molecule has 1 N–H and O–H groups in total. The minimum absolute atomic E-state index is 0.0311. The summed E-state index contributed by atoms with van der Waals surface area (Å²) in [5.74, 6) is -0.0608. The molecule has 2 aromatic carbocycles. The quantitative estimate of drug-likeness (QED) is 0.359. The minimum atomic E-state index is -4.70. The lowest BCUT2D eigenvalue weighted by atomic mass is 9.77. The van der Waals surface area contributed by atoms with Crippen molar-refractivity contribution >= 4 is 16.0 Å². The normalized spacial score (nSPS) is 12.1. The largest absolute Gasteiger partial charge is 0.492 e. The summed E-state index contributed by atoms with van der Waals surface area (Å²) >= 11 is 0. The molecule has 0 radical (unpaired) electrons. The lowest BCUT2D eigenvalue weighted by molar-refractivity contribution is -0.139. The number of nitrogens with one attached hydrogen (secondary N) is 1. The molecule has 0 spiro atoms. The zero-order chi connectivity index (χ0) is 28.1. The van der Waals surface area contributed by atoms with Gasteiger partial charge in [0.05, 0.1) is 29.7 Å². The molecule has 8 nitrogen and oxygen atoms in total. The van der Waals surface area contributed by atoms with Gasteiger partial charge in [0.25, 0.3) is 0 Å². The third-order valence-electron chi connectivity index (χ3n) is 5.64. The van der Waals surface area contributed by atoms with Crippen LogP contribution in [0.2, 0.25) is 0 Å². The molecule has 1 heterocycles. The SMILES string of the molecule is CCCOc1c(C#N)cc(C(C)(C)c2ccc(OCc3ccnc(NS(C)(=O)=O)n3)cc2)cc1C(F)(F)F. The third-order valence-corrected chi connectivity index (χ3v) is 6.19. The maximum absolute atomic E-state index is 13.9. The van der Waals surface area contributed by atoms with Crippen LogP contribution in [0.3, 0.4) is 0 Å². The van der Waals surface area contributed by atoms with E-state index in [-0.39, 0.29) is 24.7 Å². The fraction of sp³-hybridized carbons (Fsp3) is 0.346. The zero-order valence-corrected chi connectivity index (χ0v) is 22.1. The Morgan fingerprint density at radius 1 is 1.05 bits per heavy atom. The topological polar surface area (TPSA) is 114 Å². The highest BCUT2D eigenvalue weighted by Crippen LogP contribution is 2.43. The molecule has 38 heavy (non-hydrogen) atoms. The van der Waals surface area contributed by atoms with Gasteiger partial charge in [0, 0.05) is 11.6 Å². The van der Waals surface area contributed by atoms with Crippen molar-refractivity contribution in [3.05, 3.63) is 76.6 Å². The van der Waals surface area contributed by atoms with Crippen LogP contribution in [0.4, 0.5) is 19.1 Å². The average Bonchev–Trinajstić information content (AvgIpc) is 2.84. The molecular weight excluding hydrogens is 521 g/mol. The summed E-state index contributed by atoms with van der Waals surface area (Å²) in [4.78, 5) is 7.93. The van der Waals surface area contributed by atoms with Crippen LogP contribution in [-0.4, -0.2) is 31.2 Å². The van der Waals surface area contributed by atoms with E-state index in [2.05, 4.69) is 14.7 Å². The molecule has 12 heteroatoms. The molecule has 0 aliphatic carbocycles. The summed E-state index contributed by atoms with van der Waals surface area (Å²) in [6.45, 7) is 5.40. The number of sulfonamides is 1. The molecule has 0 aliphatic rings. The predicted octanol–water partition coefficient (Wildman–Crippen LogP) is 5.43. The van der Waals surface area contributed by atoms with Crippen LogP contribution in [0.25, 0.3) is 0 Å². The molecule has 1 aromatic heterocycles. The lowest BCUT2D eigenvalue weighted by Crippen LogP contribution is -2.21. The van der Waals surface area contributed by atoms with E-state index in [1.165, 1.54) is 12.3 Å². The molecule has 0 amide bonds. The monoisotopic (exact) mass is 548 g/mol. The first-order chi connectivity index (χ1) is 17.7. The Labute approximate surface area is 219 Å². The van der Waals surface area contributed by atoms with Crippen LogP contribution in [0.5, 0.6) is 11.5 Å². The van der Waals surface area contributed by atoms with Gasteiger partial charge in [-0.3, -0.25) is 4.72 Å². The average molecular weight is 549 g/mol. The van der Waals surface area contributed by atoms with Crippen LogP contribution in [0.1, 0.15) is 55.1 Å². The zero-order valence-electron chi connectivity index (χ0n) is 21.3. The van der Waals surface area contributed by atoms with E-state index in [1.54, 1.807) is 51.1 Å². The Balaban J connectivity index is 1.84. The molecule has 3 rings (SSSR count). The van der Waals surface area contributed by atoms with Crippen molar-refractivity contribution in [1.29, 1.82) is 5.26 Å². The molecule has 0 saturated heterocycles. The number of rotatable bonds is 10. The summed E-state index contributed by atoms with van der Waals surface area (Å²) < 4.78 is 77.7. The van der Waals surface area contributed by atoms with E-state index in [0.29, 0.717) is 29.0 Å². The predicted molar refractivity (Wildman–Crippen MR) is 135 cm³/mol. The highest BCUT2D eigenvalue weighted by atomic mass is 32.2. The number of hydrogen-bond acceptors (Lipinski definition) is 7. The number of benzene rings is 2. The fourth-order valence-electron chi connectivity index (χ4n) is 3.63. The highest BCUT2D eigenvalue weighted by molar-refractivity contribution is 7.91. The van der Waals surface area contributed by atoms with Gasteiger partial charge in [-0.2, -0.15) is 18.4 Å². The number of hydrogen-bond donors (Lipinski definition) is 1. The van der Waals surface area contributed by atoms with Gasteiger partial charge in [0.2, 0.25) is 16.0 Å². The number of alkyl halides is 3. The number of nitrogens with zero attached hydrogens (tertiary/aromatic N) is 3. The molecule has 0 unspecified atom stereocenters. The molecule has 0 fully saturated rings. The van der Waals surface area contributed by atoms with Crippen LogP contribution < -0.4 is 14.2 Å². The first-order valence-electron chi connectivity index (χ1n) is 11.6. The number of halogens is 3. The van der Waals surface area contributed by atoms with Crippen LogP contribution in [0.15, 0.2) is 48.7 Å². The first kappa shape index (κ1) is 28.7. The van der Waals surface area contributed by atoms with Crippen LogP contribution in [0, 0.1) is 11.3 Å². The fourth-order valence-corrected chi connectivity index (χ4v) is 4.06. The van der Waals surface area contributed by atoms with Crippen molar-refractivity contribution in [1.82, 2.24) is 9.97 Å². The molecule has 0 atom stereocenters. The van der Waals surface area contributed by atoms with Gasteiger partial charge >= 0.3 is 6.18 Å². The van der Waals surface area contributed by atoms with Crippen LogP contribution in [-0.2, 0) is 28.2 Å². The minimum Gasteiger partial charge on any atom is -0.492 e. The number of ether oxygens (including phenoxy) is 2. The second-order valence-corrected chi connectivity index (χ2v) is 10.8. The standard InChI is InChI=1S/C26H27F3N4O4S/c1-5-12-36-23-17(15-30)13-19(14-22(23)26(27,28)29)25(2,3)18-6-8-21(9-7-18)37-16-20-10-11-31-24(32-20)33-38(4,34)35/h6-11,13-14H,5,12,16H2,1-4H3,(H,31,32,33). The van der Waals surface area contributed by atoms with E-state index < -0.39 is 32.9 Å². The van der Waals surface area contributed by atoms with Crippen molar-refractivity contribution in [2.75, 3.05) is 17.6 Å². The smallest absolute Gasteiger partial charge is 0.420 e. The summed E-state index contributed by atoms with van der Waals surface area (Å²) in [5, 5.41) is 9.57. The van der Waals surface area contributed by atoms with Crippen molar-refractivity contribution in [3.8, 4) is 17.6 Å². The molecule has 0 aliphatic heterocycles. The van der Waals surface area contributed by atoms with Gasteiger partial charge in [-0.1, -0.05) is 32.9 Å². The lowest BCUT2D eigenvalue weighted by Gasteiger charge is -2.28. The number of aromatic nitrogens is 2. The van der Waals surface area contributed by atoms with Crippen molar-refractivity contribution in [2.45, 2.75) is 45.4 Å². The van der Waals surface area contributed by atoms with Gasteiger partial charge in [-0.15, -0.1) is 0 Å². The molecule has 0 saturated carbocycles. The molecular formula is C26H27F3N4O4S. The van der Waals surface area contributed by atoms with Gasteiger partial charge in [0.15, 0.2) is 0 Å². The van der Waals surface area contributed by atoms with E-state index in [1.807, 2.05) is 6.07 Å². The van der Waals surface area contributed by atoms with Gasteiger partial charge < -0.3 is 9.47 Å². The summed E-state index contributed by atoms with van der Waals surface area (Å²) in [5.41, 5.74) is -0.596. The Morgan fingerprint density at radius 3 is 2.32 bits per heavy atom.